The molecular weight excluding hydrogens is 338 g/mol. The van der Waals surface area contributed by atoms with E-state index in [-0.39, 0.29) is 0 Å². The molecule has 0 unspecified atom stereocenters. The van der Waals surface area contributed by atoms with Crippen molar-refractivity contribution in [1.82, 2.24) is 0 Å². The van der Waals surface area contributed by atoms with Crippen molar-refractivity contribution < 1.29 is 0 Å². The van der Waals surface area contributed by atoms with Gasteiger partial charge in [0.15, 0.2) is 0 Å². The van der Waals surface area contributed by atoms with Crippen molar-refractivity contribution in [2.75, 3.05) is 0 Å². The number of aliphatic imine (C=N–C) groups is 1. The monoisotopic (exact) mass is 343 g/mol. The van der Waals surface area contributed by atoms with Crippen LogP contribution in [-0.4, -0.2) is 6.21 Å². The van der Waals surface area contributed by atoms with Crippen LogP contribution in [0.4, 0.5) is 5.69 Å². The maximum Gasteiger partial charge on any atom is 0.0631 e. The van der Waals surface area contributed by atoms with Crippen LogP contribution < -0.4 is 0 Å². The molecule has 0 aliphatic heterocycles. The number of rotatable bonds is 2. The van der Waals surface area contributed by atoms with E-state index in [2.05, 4.69) is 36.9 Å². The standard InChI is InChI=1S/C11H7Br2NS/c12-8-1-3-9(4-2-8)14-7-11-10(13)5-6-15-11/h1-7H. The van der Waals surface area contributed by atoms with Crippen molar-refractivity contribution in [1.29, 1.82) is 0 Å². The summed E-state index contributed by atoms with van der Waals surface area (Å²) in [5.74, 6) is 0. The zero-order valence-electron chi connectivity index (χ0n) is 7.65. The van der Waals surface area contributed by atoms with Crippen LogP contribution in [0.5, 0.6) is 0 Å². The maximum absolute atomic E-state index is 4.39. The predicted octanol–water partition coefficient (Wildman–Crippen LogP) is 5.02. The Hall–Kier alpha value is -0.450. The molecule has 4 heteroatoms. The second-order valence-corrected chi connectivity index (χ2v) is 5.59. The second kappa shape index (κ2) is 5.05. The van der Waals surface area contributed by atoms with Crippen molar-refractivity contribution in [3.05, 3.63) is 49.5 Å². The summed E-state index contributed by atoms with van der Waals surface area (Å²) in [5.41, 5.74) is 0.957. The summed E-state index contributed by atoms with van der Waals surface area (Å²) < 4.78 is 2.16. The van der Waals surface area contributed by atoms with Gasteiger partial charge in [0.25, 0.3) is 0 Å². The highest BCUT2D eigenvalue weighted by molar-refractivity contribution is 9.10. The van der Waals surface area contributed by atoms with E-state index < -0.39 is 0 Å². The SMILES string of the molecule is Brc1ccc(N=Cc2sccc2Br)cc1. The van der Waals surface area contributed by atoms with Gasteiger partial charge in [-0.2, -0.15) is 0 Å². The van der Waals surface area contributed by atoms with Crippen LogP contribution in [0.1, 0.15) is 4.88 Å². The number of thiophene rings is 1. The highest BCUT2D eigenvalue weighted by Gasteiger charge is 1.96. The third kappa shape index (κ3) is 3.00. The Bertz CT molecular complexity index is 474. The fourth-order valence-corrected chi connectivity index (χ4v) is 2.66. The fraction of sp³-hybridized carbons (Fsp3) is 0. The first-order valence-corrected chi connectivity index (χ1v) is 6.75. The van der Waals surface area contributed by atoms with Gasteiger partial charge in [-0.15, -0.1) is 11.3 Å². The third-order valence-electron chi connectivity index (χ3n) is 1.80. The summed E-state index contributed by atoms with van der Waals surface area (Å²) in [4.78, 5) is 5.52. The van der Waals surface area contributed by atoms with E-state index >= 15 is 0 Å². The average Bonchev–Trinajstić information content (AvgIpc) is 2.63. The molecule has 15 heavy (non-hydrogen) atoms. The van der Waals surface area contributed by atoms with Crippen LogP contribution in [0.15, 0.2) is 49.6 Å². The molecule has 0 atom stereocenters. The largest absolute Gasteiger partial charge is 0.255 e. The Labute approximate surface area is 109 Å². The third-order valence-corrected chi connectivity index (χ3v) is 4.14. The van der Waals surface area contributed by atoms with Crippen LogP contribution >= 0.6 is 43.2 Å². The summed E-state index contributed by atoms with van der Waals surface area (Å²) in [6.07, 6.45) is 1.87. The normalized spacial score (nSPS) is 11.1. The van der Waals surface area contributed by atoms with E-state index in [0.29, 0.717) is 0 Å². The molecule has 2 rings (SSSR count). The van der Waals surface area contributed by atoms with E-state index in [0.717, 1.165) is 19.5 Å². The lowest BCUT2D eigenvalue weighted by Crippen LogP contribution is -1.73. The molecule has 1 aromatic carbocycles. The average molecular weight is 345 g/mol. The van der Waals surface area contributed by atoms with Gasteiger partial charge < -0.3 is 0 Å². The van der Waals surface area contributed by atoms with Crippen LogP contribution in [-0.2, 0) is 0 Å². The zero-order chi connectivity index (χ0) is 10.7. The number of hydrogen-bond donors (Lipinski definition) is 0. The minimum absolute atomic E-state index is 0.957. The smallest absolute Gasteiger partial charge is 0.0631 e. The van der Waals surface area contributed by atoms with Crippen LogP contribution in [0, 0.1) is 0 Å². The molecule has 0 radical (unpaired) electrons. The second-order valence-electron chi connectivity index (χ2n) is 2.87. The molecule has 0 amide bonds. The molecule has 0 bridgehead atoms. The highest BCUT2D eigenvalue weighted by Crippen LogP contribution is 2.22. The first kappa shape index (κ1) is 11.0. The van der Waals surface area contributed by atoms with E-state index in [4.69, 9.17) is 0 Å². The lowest BCUT2D eigenvalue weighted by Gasteiger charge is -1.93. The van der Waals surface area contributed by atoms with Crippen molar-refractivity contribution in [3.8, 4) is 0 Å². The first-order valence-electron chi connectivity index (χ1n) is 4.28. The summed E-state index contributed by atoms with van der Waals surface area (Å²) >= 11 is 8.52. The molecule has 0 spiro atoms. The number of benzene rings is 1. The molecule has 0 aliphatic carbocycles. The summed E-state index contributed by atoms with van der Waals surface area (Å²) in [6.45, 7) is 0. The number of nitrogens with zero attached hydrogens (tertiary/aromatic N) is 1. The van der Waals surface area contributed by atoms with Gasteiger partial charge in [0.2, 0.25) is 0 Å². The minimum atomic E-state index is 0.957. The summed E-state index contributed by atoms with van der Waals surface area (Å²) in [7, 11) is 0. The Balaban J connectivity index is 2.19. The molecule has 1 heterocycles. The Morgan fingerprint density at radius 2 is 1.80 bits per heavy atom. The van der Waals surface area contributed by atoms with Crippen molar-refractivity contribution in [2.24, 2.45) is 4.99 Å². The van der Waals surface area contributed by atoms with Crippen molar-refractivity contribution in [3.63, 3.8) is 0 Å². The number of halogens is 2. The van der Waals surface area contributed by atoms with Crippen LogP contribution in [0.25, 0.3) is 0 Å². The summed E-state index contributed by atoms with van der Waals surface area (Å²) in [5, 5.41) is 2.03. The van der Waals surface area contributed by atoms with Gasteiger partial charge in [0.05, 0.1) is 10.6 Å². The Morgan fingerprint density at radius 1 is 1.07 bits per heavy atom. The first-order chi connectivity index (χ1) is 7.25. The number of hydrogen-bond acceptors (Lipinski definition) is 2. The molecule has 2 aromatic rings. The molecule has 76 valence electrons. The van der Waals surface area contributed by atoms with E-state index in [1.807, 2.05) is 41.9 Å². The quantitative estimate of drug-likeness (QED) is 0.678. The van der Waals surface area contributed by atoms with Gasteiger partial charge in [0.1, 0.15) is 0 Å². The van der Waals surface area contributed by atoms with Gasteiger partial charge in [-0.25, -0.2) is 0 Å². The predicted molar refractivity (Wildman–Crippen MR) is 73.4 cm³/mol. The van der Waals surface area contributed by atoms with Crippen molar-refractivity contribution >= 4 is 55.1 Å². The molecule has 0 N–H and O–H groups in total. The Morgan fingerprint density at radius 3 is 2.40 bits per heavy atom. The highest BCUT2D eigenvalue weighted by atomic mass is 79.9. The zero-order valence-corrected chi connectivity index (χ0v) is 11.6. The van der Waals surface area contributed by atoms with Gasteiger partial charge in [-0.3, -0.25) is 4.99 Å². The maximum atomic E-state index is 4.39. The van der Waals surface area contributed by atoms with Gasteiger partial charge in [-0.1, -0.05) is 15.9 Å². The molecule has 0 saturated carbocycles. The van der Waals surface area contributed by atoms with Gasteiger partial charge in [0, 0.05) is 15.2 Å². The van der Waals surface area contributed by atoms with E-state index in [9.17, 15) is 0 Å². The molecule has 0 fully saturated rings. The van der Waals surface area contributed by atoms with Gasteiger partial charge in [-0.05, 0) is 51.6 Å². The molecule has 1 aromatic heterocycles. The topological polar surface area (TPSA) is 12.4 Å². The van der Waals surface area contributed by atoms with E-state index in [1.54, 1.807) is 11.3 Å². The minimum Gasteiger partial charge on any atom is -0.255 e. The van der Waals surface area contributed by atoms with Gasteiger partial charge >= 0.3 is 0 Å². The Kier molecular flexibility index (Phi) is 3.72. The van der Waals surface area contributed by atoms with E-state index in [1.165, 1.54) is 0 Å². The molecule has 1 nitrogen and oxygen atoms in total. The van der Waals surface area contributed by atoms with Crippen LogP contribution in [0.2, 0.25) is 0 Å². The summed E-state index contributed by atoms with van der Waals surface area (Å²) in [6, 6.07) is 9.93. The molecule has 0 saturated heterocycles. The fourth-order valence-electron chi connectivity index (χ4n) is 1.06. The molecular formula is C11H7Br2NS. The van der Waals surface area contributed by atoms with Crippen molar-refractivity contribution in [2.45, 2.75) is 0 Å². The molecule has 0 aliphatic rings. The van der Waals surface area contributed by atoms with Crippen LogP contribution in [0.3, 0.4) is 0 Å². The lowest BCUT2D eigenvalue weighted by molar-refractivity contribution is 1.52. The lowest BCUT2D eigenvalue weighted by atomic mass is 10.3.